The van der Waals surface area contributed by atoms with Crippen LogP contribution in [0, 0.1) is 6.92 Å². The van der Waals surface area contributed by atoms with Crippen molar-refractivity contribution in [1.29, 1.82) is 0 Å². The zero-order valence-electron chi connectivity index (χ0n) is 15.1. The monoisotopic (exact) mass is 357 g/mol. The van der Waals surface area contributed by atoms with Crippen LogP contribution in [0.25, 0.3) is 0 Å². The second-order valence-electron chi connectivity index (χ2n) is 5.75. The molecule has 3 N–H and O–H groups in total. The number of anilines is 1. The number of H-pyrrole nitrogens is 2. The van der Waals surface area contributed by atoms with Crippen molar-refractivity contribution in [1.82, 2.24) is 15.4 Å². The summed E-state index contributed by atoms with van der Waals surface area (Å²) in [4.78, 5) is 41.6. The number of nitrogens with one attached hydrogen (secondary N) is 3. The van der Waals surface area contributed by atoms with Gasteiger partial charge < -0.3 is 9.88 Å². The molecular formula is C18H23N5O3. The van der Waals surface area contributed by atoms with Gasteiger partial charge >= 0.3 is 5.69 Å². The van der Waals surface area contributed by atoms with Crippen LogP contribution in [0.3, 0.4) is 0 Å². The lowest BCUT2D eigenvalue weighted by Crippen LogP contribution is -2.30. The zero-order chi connectivity index (χ0) is 19.1. The fraction of sp³-hybridized carbons (Fsp3) is 0.333. The van der Waals surface area contributed by atoms with E-state index in [9.17, 15) is 14.4 Å². The average Bonchev–Trinajstić information content (AvgIpc) is 2.60. The van der Waals surface area contributed by atoms with Gasteiger partial charge in [-0.2, -0.15) is 5.10 Å². The molecular weight excluding hydrogens is 334 g/mol. The molecule has 138 valence electrons. The number of hydrazone groups is 1. The van der Waals surface area contributed by atoms with E-state index < -0.39 is 17.2 Å². The maximum Gasteiger partial charge on any atom is 0.325 e. The molecule has 0 aliphatic carbocycles. The van der Waals surface area contributed by atoms with Gasteiger partial charge in [-0.05, 0) is 38.5 Å². The number of nitrogens with zero attached hydrogens (tertiary/aromatic N) is 2. The Balaban J connectivity index is 1.97. The van der Waals surface area contributed by atoms with Crippen LogP contribution in [-0.4, -0.2) is 35.2 Å². The highest BCUT2D eigenvalue weighted by Crippen LogP contribution is 2.13. The predicted octanol–water partition coefficient (Wildman–Crippen LogP) is 0.911. The summed E-state index contributed by atoms with van der Waals surface area (Å²) in [5, 5.41) is 3.91. The molecule has 1 amide bonds. The molecule has 8 heteroatoms. The van der Waals surface area contributed by atoms with Crippen molar-refractivity contribution in [2.75, 3.05) is 18.0 Å². The lowest BCUT2D eigenvalue weighted by molar-refractivity contribution is -0.120. The van der Waals surface area contributed by atoms with Gasteiger partial charge in [-0.3, -0.25) is 14.6 Å². The summed E-state index contributed by atoms with van der Waals surface area (Å²) in [7, 11) is 0. The van der Waals surface area contributed by atoms with Crippen LogP contribution in [0.15, 0.2) is 39.0 Å². The summed E-state index contributed by atoms with van der Waals surface area (Å²) in [6.45, 7) is 7.64. The highest BCUT2D eigenvalue weighted by molar-refractivity contribution is 5.83. The molecule has 0 aliphatic heterocycles. The van der Waals surface area contributed by atoms with Gasteiger partial charge in [0.05, 0.1) is 12.6 Å². The molecule has 0 radical (unpaired) electrons. The van der Waals surface area contributed by atoms with Crippen molar-refractivity contribution in [2.24, 2.45) is 5.10 Å². The van der Waals surface area contributed by atoms with E-state index in [1.165, 1.54) is 6.21 Å². The molecule has 0 atom stereocenters. The van der Waals surface area contributed by atoms with E-state index in [1.54, 1.807) is 6.92 Å². The molecule has 0 saturated carbocycles. The number of aryl methyl sites for hydroxylation is 1. The first-order chi connectivity index (χ1) is 12.4. The second kappa shape index (κ2) is 8.80. The van der Waals surface area contributed by atoms with E-state index in [0.717, 1.165) is 24.3 Å². The third-order valence-electron chi connectivity index (χ3n) is 4.02. The SMILES string of the molecule is CCN(CC)c1ccc(/C=N\NC(=O)Cc2c(C)[nH]c(=O)[nH]c2=O)cc1. The molecule has 0 unspecified atom stereocenters. The van der Waals surface area contributed by atoms with Crippen LogP contribution in [-0.2, 0) is 11.2 Å². The molecule has 1 aromatic carbocycles. The van der Waals surface area contributed by atoms with E-state index in [4.69, 9.17) is 0 Å². The van der Waals surface area contributed by atoms with Crippen LogP contribution in [0.1, 0.15) is 30.7 Å². The van der Waals surface area contributed by atoms with Crippen molar-refractivity contribution >= 4 is 17.8 Å². The summed E-state index contributed by atoms with van der Waals surface area (Å²) < 4.78 is 0. The van der Waals surface area contributed by atoms with E-state index in [1.807, 2.05) is 24.3 Å². The van der Waals surface area contributed by atoms with Gasteiger partial charge in [-0.1, -0.05) is 12.1 Å². The Labute approximate surface area is 151 Å². The summed E-state index contributed by atoms with van der Waals surface area (Å²) in [6.07, 6.45) is 1.37. The Morgan fingerprint density at radius 2 is 1.81 bits per heavy atom. The number of hydrogen-bond donors (Lipinski definition) is 3. The van der Waals surface area contributed by atoms with Crippen molar-refractivity contribution in [3.8, 4) is 0 Å². The first-order valence-electron chi connectivity index (χ1n) is 8.43. The number of aromatic amines is 2. The number of carbonyl (C=O) groups is 1. The molecule has 2 aromatic rings. The maximum atomic E-state index is 11.9. The van der Waals surface area contributed by atoms with Gasteiger partial charge in [0.2, 0.25) is 5.91 Å². The fourth-order valence-corrected chi connectivity index (χ4v) is 2.58. The summed E-state index contributed by atoms with van der Waals surface area (Å²) in [5.41, 5.74) is 3.77. The van der Waals surface area contributed by atoms with Gasteiger partial charge in [-0.25, -0.2) is 10.2 Å². The molecule has 0 spiro atoms. The van der Waals surface area contributed by atoms with Gasteiger partial charge in [0.15, 0.2) is 0 Å². The normalized spacial score (nSPS) is 10.9. The maximum absolute atomic E-state index is 11.9. The predicted molar refractivity (Wildman–Crippen MR) is 102 cm³/mol. The van der Waals surface area contributed by atoms with Crippen LogP contribution in [0.4, 0.5) is 5.69 Å². The molecule has 0 bridgehead atoms. The Morgan fingerprint density at radius 3 is 2.38 bits per heavy atom. The molecule has 2 rings (SSSR count). The minimum Gasteiger partial charge on any atom is -0.372 e. The number of rotatable bonds is 7. The lowest BCUT2D eigenvalue weighted by Gasteiger charge is -2.20. The first-order valence-corrected chi connectivity index (χ1v) is 8.43. The Hall–Kier alpha value is -3.16. The minimum atomic E-state index is -0.595. The summed E-state index contributed by atoms with van der Waals surface area (Å²) in [6, 6.07) is 7.83. The van der Waals surface area contributed by atoms with Gasteiger partial charge in [0, 0.05) is 30.0 Å². The van der Waals surface area contributed by atoms with Gasteiger partial charge in [-0.15, -0.1) is 0 Å². The van der Waals surface area contributed by atoms with Crippen molar-refractivity contribution in [3.05, 3.63) is 61.9 Å². The summed E-state index contributed by atoms with van der Waals surface area (Å²) in [5.74, 6) is -0.443. The van der Waals surface area contributed by atoms with Crippen molar-refractivity contribution in [2.45, 2.75) is 27.2 Å². The van der Waals surface area contributed by atoms with E-state index in [-0.39, 0.29) is 12.0 Å². The molecule has 26 heavy (non-hydrogen) atoms. The van der Waals surface area contributed by atoms with Gasteiger partial charge in [0.25, 0.3) is 5.56 Å². The second-order valence-corrected chi connectivity index (χ2v) is 5.75. The highest BCUT2D eigenvalue weighted by atomic mass is 16.2. The number of hydrogen-bond acceptors (Lipinski definition) is 5. The van der Waals surface area contributed by atoms with E-state index in [2.05, 4.69) is 39.2 Å². The fourth-order valence-electron chi connectivity index (χ4n) is 2.58. The number of amides is 1. The van der Waals surface area contributed by atoms with Crippen molar-refractivity contribution < 1.29 is 4.79 Å². The Bertz CT molecular complexity index is 892. The largest absolute Gasteiger partial charge is 0.372 e. The Morgan fingerprint density at radius 1 is 1.15 bits per heavy atom. The van der Waals surface area contributed by atoms with Crippen molar-refractivity contribution in [3.63, 3.8) is 0 Å². The van der Waals surface area contributed by atoms with Crippen LogP contribution >= 0.6 is 0 Å². The van der Waals surface area contributed by atoms with Gasteiger partial charge in [0.1, 0.15) is 0 Å². The summed E-state index contributed by atoms with van der Waals surface area (Å²) >= 11 is 0. The number of benzene rings is 1. The van der Waals surface area contributed by atoms with Crippen LogP contribution in [0.5, 0.6) is 0 Å². The first kappa shape index (κ1) is 19.2. The van der Waals surface area contributed by atoms with Crippen LogP contribution < -0.4 is 21.6 Å². The molecule has 1 aromatic heterocycles. The topological polar surface area (TPSA) is 110 Å². The third kappa shape index (κ3) is 4.92. The Kier molecular flexibility index (Phi) is 6.48. The smallest absolute Gasteiger partial charge is 0.325 e. The molecule has 0 saturated heterocycles. The molecule has 1 heterocycles. The average molecular weight is 357 g/mol. The molecule has 8 nitrogen and oxygen atoms in total. The molecule has 0 aliphatic rings. The van der Waals surface area contributed by atoms with E-state index in [0.29, 0.717) is 5.69 Å². The third-order valence-corrected chi connectivity index (χ3v) is 4.02. The quantitative estimate of drug-likeness (QED) is 0.505. The number of carbonyl (C=O) groups excluding carboxylic acids is 1. The van der Waals surface area contributed by atoms with E-state index >= 15 is 0 Å². The van der Waals surface area contributed by atoms with Crippen LogP contribution in [0.2, 0.25) is 0 Å². The molecule has 0 fully saturated rings. The number of aromatic nitrogens is 2. The lowest BCUT2D eigenvalue weighted by atomic mass is 10.1. The zero-order valence-corrected chi connectivity index (χ0v) is 15.1. The minimum absolute atomic E-state index is 0.170. The standard InChI is InChI=1S/C18H23N5O3/c1-4-23(5-2)14-8-6-13(7-9-14)11-19-22-16(24)10-15-12(3)20-18(26)21-17(15)25/h6-9,11H,4-5,10H2,1-3H3,(H,22,24)(H2,20,21,25,26)/b19-11-. The highest BCUT2D eigenvalue weighted by Gasteiger charge is 2.10.